The Labute approximate surface area is 121 Å². The van der Waals surface area contributed by atoms with E-state index in [9.17, 15) is 4.79 Å². The van der Waals surface area contributed by atoms with Gasteiger partial charge in [0.2, 0.25) is 0 Å². The Morgan fingerprint density at radius 1 is 1.14 bits per heavy atom. The first kappa shape index (κ1) is 13.2. The van der Waals surface area contributed by atoms with Crippen LogP contribution >= 0.6 is 0 Å². The third-order valence-electron chi connectivity index (χ3n) is 3.18. The van der Waals surface area contributed by atoms with Gasteiger partial charge in [0.25, 0.3) is 0 Å². The highest BCUT2D eigenvalue weighted by molar-refractivity contribution is 5.80. The SMILES string of the molecule is CCOc1ccc2oc(-c3cccc(N)c3)cc(=O)c2c1. The number of benzene rings is 2. The van der Waals surface area contributed by atoms with Gasteiger partial charge in [-0.1, -0.05) is 12.1 Å². The second-order valence-corrected chi connectivity index (χ2v) is 4.69. The molecule has 0 spiro atoms. The molecular weight excluding hydrogens is 266 g/mol. The lowest BCUT2D eigenvalue weighted by atomic mass is 10.1. The zero-order valence-electron chi connectivity index (χ0n) is 11.6. The summed E-state index contributed by atoms with van der Waals surface area (Å²) in [7, 11) is 0. The lowest BCUT2D eigenvalue weighted by Gasteiger charge is -2.06. The van der Waals surface area contributed by atoms with Crippen LogP contribution < -0.4 is 15.9 Å². The maximum Gasteiger partial charge on any atom is 0.193 e. The molecule has 0 aliphatic heterocycles. The van der Waals surface area contributed by atoms with E-state index in [1.54, 1.807) is 30.3 Å². The molecule has 3 rings (SSSR count). The fourth-order valence-electron chi connectivity index (χ4n) is 2.23. The highest BCUT2D eigenvalue weighted by atomic mass is 16.5. The van der Waals surface area contributed by atoms with Crippen molar-refractivity contribution in [2.45, 2.75) is 6.92 Å². The van der Waals surface area contributed by atoms with Crippen molar-refractivity contribution in [1.29, 1.82) is 0 Å². The summed E-state index contributed by atoms with van der Waals surface area (Å²) >= 11 is 0. The first-order valence-corrected chi connectivity index (χ1v) is 6.74. The predicted octanol–water partition coefficient (Wildman–Crippen LogP) is 3.44. The van der Waals surface area contributed by atoms with Crippen molar-refractivity contribution < 1.29 is 9.15 Å². The Morgan fingerprint density at radius 2 is 2.00 bits per heavy atom. The van der Waals surface area contributed by atoms with Crippen LogP contribution in [0.5, 0.6) is 5.75 Å². The van der Waals surface area contributed by atoms with Crippen molar-refractivity contribution in [3.63, 3.8) is 0 Å². The molecule has 0 atom stereocenters. The molecule has 3 aromatic rings. The molecule has 0 bridgehead atoms. The number of hydrogen-bond acceptors (Lipinski definition) is 4. The molecule has 0 aliphatic carbocycles. The van der Waals surface area contributed by atoms with Gasteiger partial charge in [-0.2, -0.15) is 0 Å². The first-order chi connectivity index (χ1) is 10.2. The molecule has 2 aromatic carbocycles. The van der Waals surface area contributed by atoms with E-state index >= 15 is 0 Å². The number of fused-ring (bicyclic) bond motifs is 1. The van der Waals surface area contributed by atoms with Gasteiger partial charge in [-0.05, 0) is 37.3 Å². The lowest BCUT2D eigenvalue weighted by molar-refractivity contribution is 0.340. The van der Waals surface area contributed by atoms with Crippen LogP contribution in [-0.2, 0) is 0 Å². The first-order valence-electron chi connectivity index (χ1n) is 6.74. The fraction of sp³-hybridized carbons (Fsp3) is 0.118. The van der Waals surface area contributed by atoms with E-state index < -0.39 is 0 Å². The summed E-state index contributed by atoms with van der Waals surface area (Å²) in [4.78, 5) is 12.3. The van der Waals surface area contributed by atoms with Crippen LogP contribution in [-0.4, -0.2) is 6.61 Å². The number of nitrogens with two attached hydrogens (primary N) is 1. The quantitative estimate of drug-likeness (QED) is 0.747. The normalized spacial score (nSPS) is 10.7. The number of ether oxygens (including phenoxy) is 1. The van der Waals surface area contributed by atoms with E-state index in [0.29, 0.717) is 34.8 Å². The lowest BCUT2D eigenvalue weighted by Crippen LogP contribution is -2.01. The van der Waals surface area contributed by atoms with Crippen molar-refractivity contribution in [3.05, 3.63) is 58.8 Å². The van der Waals surface area contributed by atoms with Crippen LogP contribution in [0.15, 0.2) is 57.7 Å². The van der Waals surface area contributed by atoms with E-state index in [2.05, 4.69) is 0 Å². The minimum absolute atomic E-state index is 0.102. The van der Waals surface area contributed by atoms with Crippen molar-refractivity contribution in [3.8, 4) is 17.1 Å². The summed E-state index contributed by atoms with van der Waals surface area (Å²) < 4.78 is 11.2. The molecule has 1 aromatic heterocycles. The van der Waals surface area contributed by atoms with E-state index in [1.165, 1.54) is 6.07 Å². The predicted molar refractivity (Wildman–Crippen MR) is 83.5 cm³/mol. The van der Waals surface area contributed by atoms with Crippen LogP contribution in [0.2, 0.25) is 0 Å². The minimum atomic E-state index is -0.102. The van der Waals surface area contributed by atoms with Crippen LogP contribution in [0.1, 0.15) is 6.92 Å². The van der Waals surface area contributed by atoms with Crippen LogP contribution in [0.4, 0.5) is 5.69 Å². The molecule has 0 unspecified atom stereocenters. The Hall–Kier alpha value is -2.75. The molecule has 1 heterocycles. The maximum absolute atomic E-state index is 12.3. The standard InChI is InChI=1S/C17H15NO3/c1-2-20-13-6-7-16-14(9-13)15(19)10-17(21-16)11-4-3-5-12(18)8-11/h3-10H,2,18H2,1H3. The highest BCUT2D eigenvalue weighted by Gasteiger charge is 2.08. The number of anilines is 1. The van der Waals surface area contributed by atoms with Crippen molar-refractivity contribution in [2.75, 3.05) is 12.3 Å². The number of nitrogen functional groups attached to an aromatic ring is 1. The second-order valence-electron chi connectivity index (χ2n) is 4.69. The third-order valence-corrected chi connectivity index (χ3v) is 3.18. The molecule has 0 saturated carbocycles. The molecule has 0 amide bonds. The Balaban J connectivity index is 2.16. The van der Waals surface area contributed by atoms with Gasteiger partial charge in [0.15, 0.2) is 5.43 Å². The molecule has 4 heteroatoms. The van der Waals surface area contributed by atoms with E-state index in [1.807, 2.05) is 19.1 Å². The van der Waals surface area contributed by atoms with Crippen LogP contribution in [0.25, 0.3) is 22.3 Å². The van der Waals surface area contributed by atoms with Gasteiger partial charge < -0.3 is 14.9 Å². The van der Waals surface area contributed by atoms with Gasteiger partial charge in [0.1, 0.15) is 17.1 Å². The van der Waals surface area contributed by atoms with Crippen molar-refractivity contribution in [1.82, 2.24) is 0 Å². The summed E-state index contributed by atoms with van der Waals surface area (Å²) in [5.74, 6) is 1.16. The molecule has 0 aliphatic rings. The van der Waals surface area contributed by atoms with Crippen molar-refractivity contribution in [2.24, 2.45) is 0 Å². The average molecular weight is 281 g/mol. The number of rotatable bonds is 3. The summed E-state index contributed by atoms with van der Waals surface area (Å²) in [6, 6.07) is 14.0. The van der Waals surface area contributed by atoms with Gasteiger partial charge in [-0.3, -0.25) is 4.79 Å². The Bertz CT molecular complexity index is 852. The molecule has 2 N–H and O–H groups in total. The molecule has 21 heavy (non-hydrogen) atoms. The van der Waals surface area contributed by atoms with E-state index in [0.717, 1.165) is 5.56 Å². The summed E-state index contributed by atoms with van der Waals surface area (Å²) in [5, 5.41) is 0.508. The van der Waals surface area contributed by atoms with E-state index in [4.69, 9.17) is 14.9 Å². The fourth-order valence-corrected chi connectivity index (χ4v) is 2.23. The molecule has 106 valence electrons. The highest BCUT2D eigenvalue weighted by Crippen LogP contribution is 2.25. The molecule has 4 nitrogen and oxygen atoms in total. The smallest absolute Gasteiger partial charge is 0.193 e. The van der Waals surface area contributed by atoms with Crippen LogP contribution in [0.3, 0.4) is 0 Å². The van der Waals surface area contributed by atoms with Gasteiger partial charge in [0, 0.05) is 17.3 Å². The second kappa shape index (κ2) is 5.32. The molecular formula is C17H15NO3. The van der Waals surface area contributed by atoms with Gasteiger partial charge in [0.05, 0.1) is 12.0 Å². The monoisotopic (exact) mass is 281 g/mol. The molecule has 0 fully saturated rings. The van der Waals surface area contributed by atoms with Gasteiger partial charge in [-0.15, -0.1) is 0 Å². The Morgan fingerprint density at radius 3 is 2.76 bits per heavy atom. The topological polar surface area (TPSA) is 65.5 Å². The number of hydrogen-bond donors (Lipinski definition) is 1. The Kier molecular flexibility index (Phi) is 3.36. The zero-order valence-corrected chi connectivity index (χ0v) is 11.6. The average Bonchev–Trinajstić information content (AvgIpc) is 2.48. The maximum atomic E-state index is 12.3. The third kappa shape index (κ3) is 2.60. The zero-order chi connectivity index (χ0) is 14.8. The summed E-state index contributed by atoms with van der Waals surface area (Å²) in [5.41, 5.74) is 7.60. The summed E-state index contributed by atoms with van der Waals surface area (Å²) in [6.07, 6.45) is 0. The molecule has 0 radical (unpaired) electrons. The molecule has 0 saturated heterocycles. The van der Waals surface area contributed by atoms with Crippen molar-refractivity contribution >= 4 is 16.7 Å². The van der Waals surface area contributed by atoms with E-state index in [-0.39, 0.29) is 5.43 Å². The largest absolute Gasteiger partial charge is 0.494 e. The summed E-state index contributed by atoms with van der Waals surface area (Å²) in [6.45, 7) is 2.45. The van der Waals surface area contributed by atoms with Gasteiger partial charge in [-0.25, -0.2) is 0 Å². The minimum Gasteiger partial charge on any atom is -0.494 e. The van der Waals surface area contributed by atoms with Crippen LogP contribution in [0, 0.1) is 0 Å². The van der Waals surface area contributed by atoms with Gasteiger partial charge >= 0.3 is 0 Å².